The summed E-state index contributed by atoms with van der Waals surface area (Å²) in [4.78, 5) is 14.8. The summed E-state index contributed by atoms with van der Waals surface area (Å²) in [5, 5.41) is 15.7. The van der Waals surface area contributed by atoms with Gasteiger partial charge in [0.1, 0.15) is 17.0 Å². The molecule has 0 saturated carbocycles. The smallest absolute Gasteiger partial charge is 0.265 e. The number of aromatic nitrogens is 3. The summed E-state index contributed by atoms with van der Waals surface area (Å²) in [6, 6.07) is 4.10. The van der Waals surface area contributed by atoms with Gasteiger partial charge in [-0.1, -0.05) is 0 Å². The van der Waals surface area contributed by atoms with Crippen molar-refractivity contribution < 1.29 is 9.31 Å². The lowest BCUT2D eigenvalue weighted by Crippen LogP contribution is -1.96. The predicted octanol–water partition coefficient (Wildman–Crippen LogP) is 3.45. The van der Waals surface area contributed by atoms with Gasteiger partial charge < -0.3 is 0 Å². The molecule has 2 aromatic heterocycles. The van der Waals surface area contributed by atoms with Crippen molar-refractivity contribution in [1.82, 2.24) is 14.8 Å². The number of nitrogens with zero attached hydrogens (tertiary/aromatic N) is 4. The number of pyridine rings is 1. The summed E-state index contributed by atoms with van der Waals surface area (Å²) < 4.78 is 15.8. The Morgan fingerprint density at radius 3 is 2.86 bits per heavy atom. The van der Waals surface area contributed by atoms with Crippen LogP contribution in [0.25, 0.3) is 22.2 Å². The van der Waals surface area contributed by atoms with Gasteiger partial charge in [-0.2, -0.15) is 5.10 Å². The number of benzene rings is 1. The molecule has 0 aliphatic heterocycles. The topological polar surface area (TPSA) is 73.8 Å². The average molecular weight is 351 g/mol. The van der Waals surface area contributed by atoms with Crippen LogP contribution in [0.3, 0.4) is 0 Å². The molecule has 0 saturated heterocycles. The van der Waals surface area contributed by atoms with Gasteiger partial charge in [0.15, 0.2) is 0 Å². The molecule has 1 aromatic carbocycles. The fourth-order valence-electron chi connectivity index (χ4n) is 2.22. The van der Waals surface area contributed by atoms with E-state index in [0.29, 0.717) is 15.4 Å². The van der Waals surface area contributed by atoms with Gasteiger partial charge in [0.25, 0.3) is 5.69 Å². The first-order valence-electron chi connectivity index (χ1n) is 5.89. The summed E-state index contributed by atoms with van der Waals surface area (Å²) in [6.45, 7) is 0. The lowest BCUT2D eigenvalue weighted by molar-refractivity contribution is -0.384. The van der Waals surface area contributed by atoms with E-state index in [1.165, 1.54) is 35.3 Å². The predicted molar refractivity (Wildman–Crippen MR) is 78.3 cm³/mol. The Kier molecular flexibility index (Phi) is 3.17. The van der Waals surface area contributed by atoms with Crippen LogP contribution >= 0.6 is 15.9 Å². The third-order valence-electron chi connectivity index (χ3n) is 3.14. The minimum atomic E-state index is -0.515. The van der Waals surface area contributed by atoms with E-state index < -0.39 is 10.7 Å². The van der Waals surface area contributed by atoms with E-state index in [0.717, 1.165) is 0 Å². The van der Waals surface area contributed by atoms with Gasteiger partial charge in [0.2, 0.25) is 0 Å². The van der Waals surface area contributed by atoms with Crippen molar-refractivity contribution in [3.63, 3.8) is 0 Å². The molecule has 0 unspecified atom stereocenters. The molecule has 0 spiro atoms. The monoisotopic (exact) mass is 350 g/mol. The summed E-state index contributed by atoms with van der Waals surface area (Å²) in [5.41, 5.74) is 0.785. The molecule has 21 heavy (non-hydrogen) atoms. The molecule has 0 N–H and O–H groups in total. The van der Waals surface area contributed by atoms with E-state index in [1.54, 1.807) is 7.05 Å². The Hall–Kier alpha value is -2.35. The maximum Gasteiger partial charge on any atom is 0.296 e. The average Bonchev–Trinajstić information content (AvgIpc) is 2.83. The van der Waals surface area contributed by atoms with Crippen LogP contribution in [0.1, 0.15) is 0 Å². The molecule has 0 bridgehead atoms. The molecular weight excluding hydrogens is 343 g/mol. The number of rotatable bonds is 2. The highest BCUT2D eigenvalue weighted by molar-refractivity contribution is 9.10. The third kappa shape index (κ3) is 2.17. The van der Waals surface area contributed by atoms with E-state index in [1.807, 2.05) is 0 Å². The van der Waals surface area contributed by atoms with Gasteiger partial charge in [-0.3, -0.25) is 14.8 Å². The van der Waals surface area contributed by atoms with Crippen LogP contribution in [0.5, 0.6) is 0 Å². The van der Waals surface area contributed by atoms with Crippen molar-refractivity contribution in [3.8, 4) is 11.3 Å². The van der Waals surface area contributed by atoms with Crippen molar-refractivity contribution >= 4 is 32.5 Å². The fourth-order valence-corrected chi connectivity index (χ4v) is 2.54. The fraction of sp³-hybridized carbons (Fsp3) is 0.0769. The van der Waals surface area contributed by atoms with E-state index in [2.05, 4.69) is 26.0 Å². The van der Waals surface area contributed by atoms with E-state index in [-0.39, 0.29) is 16.9 Å². The van der Waals surface area contributed by atoms with Gasteiger partial charge in [-0.25, -0.2) is 9.37 Å². The molecule has 0 amide bonds. The Balaban J connectivity index is 2.36. The minimum absolute atomic E-state index is 0.152. The van der Waals surface area contributed by atoms with Crippen LogP contribution in [-0.2, 0) is 7.05 Å². The first-order chi connectivity index (χ1) is 9.99. The number of nitro groups is 1. The van der Waals surface area contributed by atoms with Crippen molar-refractivity contribution in [2.24, 2.45) is 7.05 Å². The second-order valence-electron chi connectivity index (χ2n) is 4.40. The Morgan fingerprint density at radius 1 is 1.38 bits per heavy atom. The molecule has 106 valence electrons. The number of hydrogen-bond donors (Lipinski definition) is 0. The molecule has 0 aliphatic carbocycles. The summed E-state index contributed by atoms with van der Waals surface area (Å²) in [6.07, 6.45) is 2.94. The normalized spacial score (nSPS) is 11.0. The highest BCUT2D eigenvalue weighted by Crippen LogP contribution is 2.35. The number of fused-ring (bicyclic) bond motifs is 1. The SMILES string of the molecule is Cn1ncc2c(-c3ncc(Br)cc3[N+](=O)[O-])ccc(F)c21. The minimum Gasteiger partial charge on any atom is -0.265 e. The highest BCUT2D eigenvalue weighted by atomic mass is 79.9. The zero-order valence-electron chi connectivity index (χ0n) is 10.7. The summed E-state index contributed by atoms with van der Waals surface area (Å²) >= 11 is 3.16. The second-order valence-corrected chi connectivity index (χ2v) is 5.32. The van der Waals surface area contributed by atoms with Crippen molar-refractivity contribution in [3.05, 3.63) is 51.0 Å². The Bertz CT molecular complexity index is 878. The third-order valence-corrected chi connectivity index (χ3v) is 3.57. The van der Waals surface area contributed by atoms with Gasteiger partial charge in [0.05, 0.1) is 11.1 Å². The zero-order chi connectivity index (χ0) is 15.1. The molecule has 3 aromatic rings. The van der Waals surface area contributed by atoms with Crippen LogP contribution in [0, 0.1) is 15.9 Å². The van der Waals surface area contributed by atoms with Gasteiger partial charge >= 0.3 is 0 Å². The van der Waals surface area contributed by atoms with Gasteiger partial charge in [-0.15, -0.1) is 0 Å². The van der Waals surface area contributed by atoms with Crippen molar-refractivity contribution in [2.45, 2.75) is 0 Å². The lowest BCUT2D eigenvalue weighted by atomic mass is 10.1. The molecule has 6 nitrogen and oxygen atoms in total. The van der Waals surface area contributed by atoms with Crippen LogP contribution in [0.2, 0.25) is 0 Å². The largest absolute Gasteiger partial charge is 0.296 e. The van der Waals surface area contributed by atoms with E-state index >= 15 is 0 Å². The summed E-state index contributed by atoms with van der Waals surface area (Å²) in [7, 11) is 1.61. The van der Waals surface area contributed by atoms with Crippen LogP contribution < -0.4 is 0 Å². The van der Waals surface area contributed by atoms with Crippen LogP contribution in [0.15, 0.2) is 35.1 Å². The van der Waals surface area contributed by atoms with Gasteiger partial charge in [0, 0.05) is 34.7 Å². The lowest BCUT2D eigenvalue weighted by Gasteiger charge is -2.05. The quantitative estimate of drug-likeness (QED) is 0.524. The Labute approximate surface area is 126 Å². The molecule has 0 radical (unpaired) electrons. The Morgan fingerprint density at radius 2 is 2.14 bits per heavy atom. The second kappa shape index (κ2) is 4.88. The molecular formula is C13H8BrFN4O2. The van der Waals surface area contributed by atoms with Gasteiger partial charge in [-0.05, 0) is 28.1 Å². The summed E-state index contributed by atoms with van der Waals surface area (Å²) in [5.74, 6) is -0.437. The maximum absolute atomic E-state index is 13.9. The van der Waals surface area contributed by atoms with E-state index in [4.69, 9.17) is 0 Å². The highest BCUT2D eigenvalue weighted by Gasteiger charge is 2.21. The molecule has 2 heterocycles. The van der Waals surface area contributed by atoms with Crippen LogP contribution in [0.4, 0.5) is 10.1 Å². The van der Waals surface area contributed by atoms with Crippen LogP contribution in [-0.4, -0.2) is 19.7 Å². The zero-order valence-corrected chi connectivity index (χ0v) is 12.3. The molecule has 0 aliphatic rings. The van der Waals surface area contributed by atoms with Crippen molar-refractivity contribution in [1.29, 1.82) is 0 Å². The number of aryl methyl sites for hydroxylation is 1. The first-order valence-corrected chi connectivity index (χ1v) is 6.69. The molecule has 0 atom stereocenters. The molecule has 8 heteroatoms. The number of hydrogen-bond acceptors (Lipinski definition) is 4. The first kappa shape index (κ1) is 13.6. The molecule has 0 fully saturated rings. The van der Waals surface area contributed by atoms with Crippen molar-refractivity contribution in [2.75, 3.05) is 0 Å². The molecule has 3 rings (SSSR count). The number of halogens is 2. The van der Waals surface area contributed by atoms with E-state index in [9.17, 15) is 14.5 Å². The maximum atomic E-state index is 13.9. The standard InChI is InChI=1S/C13H8BrFN4O2/c1-18-13-9(6-17-18)8(2-3-10(13)15)12-11(19(20)21)4-7(14)5-16-12/h2-6H,1H3.